The van der Waals surface area contributed by atoms with Crippen LogP contribution in [-0.4, -0.2) is 28.3 Å². The van der Waals surface area contributed by atoms with Crippen molar-refractivity contribution in [2.45, 2.75) is 6.54 Å². The van der Waals surface area contributed by atoms with Crippen LogP contribution in [0, 0.1) is 0 Å². The number of rotatable bonds is 7. The van der Waals surface area contributed by atoms with Crippen molar-refractivity contribution in [3.63, 3.8) is 0 Å². The minimum Gasteiger partial charge on any atom is -0.452 e. The van der Waals surface area contributed by atoms with Gasteiger partial charge in [0.2, 0.25) is 0 Å². The number of nitrogens with one attached hydrogen (secondary N) is 1. The van der Waals surface area contributed by atoms with Crippen molar-refractivity contribution < 1.29 is 14.3 Å². The maximum atomic E-state index is 11.8. The van der Waals surface area contributed by atoms with E-state index in [0.717, 1.165) is 11.1 Å². The highest BCUT2D eigenvalue weighted by molar-refractivity contribution is 6.33. The highest BCUT2D eigenvalue weighted by Gasteiger charge is 2.07. The third-order valence-electron chi connectivity index (χ3n) is 3.75. The summed E-state index contributed by atoms with van der Waals surface area (Å²) in [5.41, 5.74) is 2.35. The minimum absolute atomic E-state index is 0.401. The van der Waals surface area contributed by atoms with Gasteiger partial charge in [0.05, 0.1) is 23.5 Å². The van der Waals surface area contributed by atoms with Gasteiger partial charge in [0.25, 0.3) is 5.91 Å². The van der Waals surface area contributed by atoms with Crippen LogP contribution in [0.4, 0.5) is 5.69 Å². The average molecular weight is 396 g/mol. The molecule has 0 saturated heterocycles. The van der Waals surface area contributed by atoms with Crippen molar-refractivity contribution >= 4 is 35.2 Å². The van der Waals surface area contributed by atoms with E-state index >= 15 is 0 Å². The summed E-state index contributed by atoms with van der Waals surface area (Å²) in [7, 11) is 0. The zero-order valence-electron chi connectivity index (χ0n) is 14.9. The highest BCUT2D eigenvalue weighted by atomic mass is 35.5. The molecule has 28 heavy (non-hydrogen) atoms. The van der Waals surface area contributed by atoms with Crippen LogP contribution in [0.5, 0.6) is 0 Å². The molecule has 3 rings (SSSR count). The molecule has 0 saturated carbocycles. The third kappa shape index (κ3) is 5.82. The molecule has 0 aliphatic heterocycles. The molecule has 0 bridgehead atoms. The number of halogens is 1. The standard InChI is InChI=1S/C21H18ClN3O3/c22-18-8-4-5-9-19(18)24-20(26)15-28-21(27)11-10-17-12-23-25(14-17)13-16-6-2-1-3-7-16/h1-12,14H,13,15H2,(H,24,26)/b11-10+. The molecule has 0 aliphatic rings. The third-order valence-corrected chi connectivity index (χ3v) is 4.08. The van der Waals surface area contributed by atoms with Crippen LogP contribution < -0.4 is 5.32 Å². The number of esters is 1. The van der Waals surface area contributed by atoms with E-state index in [-0.39, 0.29) is 0 Å². The predicted molar refractivity (Wildman–Crippen MR) is 108 cm³/mol. The Morgan fingerprint density at radius 3 is 2.64 bits per heavy atom. The smallest absolute Gasteiger partial charge is 0.331 e. The number of aromatic nitrogens is 2. The van der Waals surface area contributed by atoms with E-state index in [1.807, 2.05) is 36.5 Å². The van der Waals surface area contributed by atoms with Gasteiger partial charge in [-0.15, -0.1) is 0 Å². The van der Waals surface area contributed by atoms with Gasteiger partial charge in [-0.1, -0.05) is 54.1 Å². The molecular weight excluding hydrogens is 378 g/mol. The molecule has 7 heteroatoms. The van der Waals surface area contributed by atoms with Crippen molar-refractivity contribution in [3.8, 4) is 0 Å². The number of hydrogen-bond donors (Lipinski definition) is 1. The summed E-state index contributed by atoms with van der Waals surface area (Å²) in [6.07, 6.45) is 6.31. The van der Waals surface area contributed by atoms with Crippen LogP contribution in [0.2, 0.25) is 5.02 Å². The summed E-state index contributed by atoms with van der Waals surface area (Å²) in [4.78, 5) is 23.6. The van der Waals surface area contributed by atoms with Crippen molar-refractivity contribution in [2.24, 2.45) is 0 Å². The van der Waals surface area contributed by atoms with Crippen molar-refractivity contribution in [3.05, 3.63) is 89.2 Å². The van der Waals surface area contributed by atoms with Gasteiger partial charge in [0, 0.05) is 17.8 Å². The Morgan fingerprint density at radius 1 is 1.11 bits per heavy atom. The topological polar surface area (TPSA) is 73.2 Å². The van der Waals surface area contributed by atoms with Gasteiger partial charge in [-0.3, -0.25) is 9.48 Å². The fourth-order valence-corrected chi connectivity index (χ4v) is 2.60. The second-order valence-corrected chi connectivity index (χ2v) is 6.33. The highest BCUT2D eigenvalue weighted by Crippen LogP contribution is 2.20. The van der Waals surface area contributed by atoms with E-state index in [0.29, 0.717) is 17.3 Å². The number of para-hydroxylation sites is 1. The van der Waals surface area contributed by atoms with Crippen LogP contribution in [0.3, 0.4) is 0 Å². The van der Waals surface area contributed by atoms with Crippen LogP contribution in [0.1, 0.15) is 11.1 Å². The fourth-order valence-electron chi connectivity index (χ4n) is 2.42. The zero-order chi connectivity index (χ0) is 19.8. The minimum atomic E-state index is -0.620. The first kappa shape index (κ1) is 19.4. The monoisotopic (exact) mass is 395 g/mol. The first-order valence-electron chi connectivity index (χ1n) is 8.56. The average Bonchev–Trinajstić information content (AvgIpc) is 3.15. The van der Waals surface area contributed by atoms with Crippen molar-refractivity contribution in [1.29, 1.82) is 0 Å². The Hall–Kier alpha value is -3.38. The van der Waals surface area contributed by atoms with Gasteiger partial charge < -0.3 is 10.1 Å². The molecule has 0 spiro atoms. The quantitative estimate of drug-likeness (QED) is 0.488. The summed E-state index contributed by atoms with van der Waals surface area (Å²) in [6.45, 7) is 0.239. The number of amides is 1. The lowest BCUT2D eigenvalue weighted by Crippen LogP contribution is -2.20. The van der Waals surface area contributed by atoms with Crippen molar-refractivity contribution in [2.75, 3.05) is 11.9 Å². The summed E-state index contributed by atoms with van der Waals surface area (Å²) in [5, 5.41) is 7.25. The number of anilines is 1. The first-order chi connectivity index (χ1) is 13.6. The Morgan fingerprint density at radius 2 is 1.86 bits per heavy atom. The number of benzene rings is 2. The lowest BCUT2D eigenvalue weighted by atomic mass is 10.2. The number of nitrogens with zero attached hydrogens (tertiary/aromatic N) is 2. The van der Waals surface area contributed by atoms with Gasteiger partial charge >= 0.3 is 5.97 Å². The Labute approximate surface area is 167 Å². The molecule has 142 valence electrons. The van der Waals surface area contributed by atoms with Crippen LogP contribution in [0.25, 0.3) is 6.08 Å². The van der Waals surface area contributed by atoms with E-state index in [4.69, 9.17) is 16.3 Å². The molecule has 1 heterocycles. The van der Waals surface area contributed by atoms with Gasteiger partial charge in [0.1, 0.15) is 0 Å². The molecule has 3 aromatic rings. The fraction of sp³-hybridized carbons (Fsp3) is 0.0952. The zero-order valence-corrected chi connectivity index (χ0v) is 15.7. The van der Waals surface area contributed by atoms with Crippen LogP contribution >= 0.6 is 11.6 Å². The summed E-state index contributed by atoms with van der Waals surface area (Å²) < 4.78 is 6.71. The summed E-state index contributed by atoms with van der Waals surface area (Å²) in [5.74, 6) is -1.09. The molecule has 0 fully saturated rings. The van der Waals surface area contributed by atoms with Crippen molar-refractivity contribution in [1.82, 2.24) is 9.78 Å². The molecule has 0 unspecified atom stereocenters. The van der Waals surface area contributed by atoms with Crippen LogP contribution in [0.15, 0.2) is 73.1 Å². The molecule has 6 nitrogen and oxygen atoms in total. The SMILES string of the molecule is O=C(COC(=O)/C=C/c1cnn(Cc2ccccc2)c1)Nc1ccccc1Cl. The predicted octanol–water partition coefficient (Wildman–Crippen LogP) is 3.78. The van der Waals surface area contributed by atoms with E-state index in [1.54, 1.807) is 41.2 Å². The van der Waals surface area contributed by atoms with E-state index in [1.165, 1.54) is 6.08 Å². The van der Waals surface area contributed by atoms with Gasteiger partial charge in [-0.05, 0) is 23.8 Å². The maximum Gasteiger partial charge on any atom is 0.331 e. The molecule has 1 aromatic heterocycles. The summed E-state index contributed by atoms with van der Waals surface area (Å²) in [6, 6.07) is 16.7. The number of ether oxygens (including phenoxy) is 1. The van der Waals surface area contributed by atoms with E-state index in [9.17, 15) is 9.59 Å². The molecule has 0 aliphatic carbocycles. The van der Waals surface area contributed by atoms with E-state index in [2.05, 4.69) is 10.4 Å². The summed E-state index contributed by atoms with van der Waals surface area (Å²) >= 11 is 5.96. The first-order valence-corrected chi connectivity index (χ1v) is 8.93. The lowest BCUT2D eigenvalue weighted by Gasteiger charge is -2.06. The molecule has 1 N–H and O–H groups in total. The Balaban J connectivity index is 1.46. The molecule has 0 atom stereocenters. The Kier molecular flexibility index (Phi) is 6.59. The molecular formula is C21H18ClN3O3. The lowest BCUT2D eigenvalue weighted by molar-refractivity contribution is -0.142. The molecule has 1 amide bonds. The normalized spacial score (nSPS) is 10.8. The van der Waals surface area contributed by atoms with Gasteiger partial charge in [-0.2, -0.15) is 5.10 Å². The number of hydrogen-bond acceptors (Lipinski definition) is 4. The molecule has 0 radical (unpaired) electrons. The van der Waals surface area contributed by atoms with Gasteiger partial charge in [-0.25, -0.2) is 4.79 Å². The number of carbonyl (C=O) groups excluding carboxylic acids is 2. The Bertz CT molecular complexity index is 983. The molecule has 2 aromatic carbocycles. The van der Waals surface area contributed by atoms with E-state index < -0.39 is 18.5 Å². The maximum absolute atomic E-state index is 11.8. The largest absolute Gasteiger partial charge is 0.452 e. The van der Waals surface area contributed by atoms with Gasteiger partial charge in [0.15, 0.2) is 6.61 Å². The van der Waals surface area contributed by atoms with Crippen LogP contribution in [-0.2, 0) is 20.9 Å². The second-order valence-electron chi connectivity index (χ2n) is 5.93. The number of carbonyl (C=O) groups is 2. The second kappa shape index (κ2) is 9.53.